The Bertz CT molecular complexity index is 400. The summed E-state index contributed by atoms with van der Waals surface area (Å²) < 4.78 is 5.60. The van der Waals surface area contributed by atoms with E-state index in [2.05, 4.69) is 31.2 Å². The Morgan fingerprint density at radius 1 is 1.00 bits per heavy atom. The van der Waals surface area contributed by atoms with Gasteiger partial charge in [-0.3, -0.25) is 0 Å². The minimum absolute atomic E-state index is 0.338. The smallest absolute Gasteiger partial charge is 0.111 e. The largest absolute Gasteiger partial charge is 0.466 e. The Morgan fingerprint density at radius 3 is 2.29 bits per heavy atom. The van der Waals surface area contributed by atoms with E-state index in [4.69, 9.17) is 4.42 Å². The van der Waals surface area contributed by atoms with Crippen molar-refractivity contribution < 1.29 is 4.42 Å². The van der Waals surface area contributed by atoms with E-state index in [1.165, 1.54) is 5.56 Å². The van der Waals surface area contributed by atoms with Crippen molar-refractivity contribution in [1.29, 1.82) is 0 Å². The first-order valence-corrected chi connectivity index (χ1v) is 4.88. The summed E-state index contributed by atoms with van der Waals surface area (Å²) in [6, 6.07) is 14.5. The Hall–Kier alpha value is -1.50. The van der Waals surface area contributed by atoms with Crippen LogP contribution in [0.4, 0.5) is 0 Å². The average Bonchev–Trinajstić information content (AvgIpc) is 2.65. The molecule has 14 heavy (non-hydrogen) atoms. The van der Waals surface area contributed by atoms with Gasteiger partial charge in [-0.05, 0) is 24.6 Å². The molecule has 0 amide bonds. The molecule has 0 aliphatic rings. The molecule has 1 heteroatoms. The highest BCUT2D eigenvalue weighted by molar-refractivity contribution is 5.26. The van der Waals surface area contributed by atoms with E-state index in [9.17, 15) is 0 Å². The average molecular weight is 186 g/mol. The molecule has 1 aromatic heterocycles. The molecule has 0 bridgehead atoms. The number of aryl methyl sites for hydroxylation is 1. The quantitative estimate of drug-likeness (QED) is 0.696. The van der Waals surface area contributed by atoms with Gasteiger partial charge in [0.2, 0.25) is 0 Å². The summed E-state index contributed by atoms with van der Waals surface area (Å²) in [5, 5.41) is 0. The standard InChI is InChI=1S/C13H14O/c1-10-8-9-13(14-10)11(2)12-6-4-3-5-7-12/h3-9,11H,1-2H3. The van der Waals surface area contributed by atoms with Gasteiger partial charge in [0.25, 0.3) is 0 Å². The first-order valence-electron chi connectivity index (χ1n) is 4.88. The Labute approximate surface area is 84.4 Å². The van der Waals surface area contributed by atoms with Gasteiger partial charge in [-0.1, -0.05) is 37.3 Å². The summed E-state index contributed by atoms with van der Waals surface area (Å²) in [7, 11) is 0. The summed E-state index contributed by atoms with van der Waals surface area (Å²) >= 11 is 0. The lowest BCUT2D eigenvalue weighted by Gasteiger charge is -2.07. The SMILES string of the molecule is Cc1ccc(C(C)c2ccccc2)o1. The van der Waals surface area contributed by atoms with Crippen LogP contribution in [0, 0.1) is 6.92 Å². The molecule has 72 valence electrons. The van der Waals surface area contributed by atoms with Crippen LogP contribution in [-0.2, 0) is 0 Å². The van der Waals surface area contributed by atoms with Crippen molar-refractivity contribution in [3.63, 3.8) is 0 Å². The van der Waals surface area contributed by atoms with Crippen molar-refractivity contribution >= 4 is 0 Å². The summed E-state index contributed by atoms with van der Waals surface area (Å²) in [6.07, 6.45) is 0. The van der Waals surface area contributed by atoms with E-state index in [1.54, 1.807) is 0 Å². The van der Waals surface area contributed by atoms with Crippen LogP contribution in [0.3, 0.4) is 0 Å². The Kier molecular flexibility index (Phi) is 2.40. The molecule has 2 aromatic rings. The second kappa shape index (κ2) is 3.70. The zero-order chi connectivity index (χ0) is 9.97. The maximum absolute atomic E-state index is 5.60. The van der Waals surface area contributed by atoms with Crippen LogP contribution >= 0.6 is 0 Å². The number of hydrogen-bond donors (Lipinski definition) is 0. The van der Waals surface area contributed by atoms with Crippen LogP contribution in [0.5, 0.6) is 0 Å². The third-order valence-corrected chi connectivity index (χ3v) is 2.49. The Balaban J connectivity index is 2.29. The van der Waals surface area contributed by atoms with Crippen LogP contribution in [0.25, 0.3) is 0 Å². The van der Waals surface area contributed by atoms with Gasteiger partial charge in [0.1, 0.15) is 11.5 Å². The second-order valence-corrected chi connectivity index (χ2v) is 3.58. The summed E-state index contributed by atoms with van der Waals surface area (Å²) in [6.45, 7) is 4.13. The molecular formula is C13H14O. The monoisotopic (exact) mass is 186 g/mol. The summed E-state index contributed by atoms with van der Waals surface area (Å²) in [4.78, 5) is 0. The van der Waals surface area contributed by atoms with Crippen LogP contribution in [0.2, 0.25) is 0 Å². The zero-order valence-electron chi connectivity index (χ0n) is 8.53. The lowest BCUT2D eigenvalue weighted by molar-refractivity contribution is 0.471. The molecule has 0 aliphatic carbocycles. The van der Waals surface area contributed by atoms with Crippen molar-refractivity contribution in [2.75, 3.05) is 0 Å². The lowest BCUT2D eigenvalue weighted by atomic mass is 9.99. The van der Waals surface area contributed by atoms with E-state index in [1.807, 2.05) is 25.1 Å². The van der Waals surface area contributed by atoms with Gasteiger partial charge in [-0.2, -0.15) is 0 Å². The fourth-order valence-corrected chi connectivity index (χ4v) is 1.59. The van der Waals surface area contributed by atoms with Gasteiger partial charge in [0, 0.05) is 5.92 Å². The maximum Gasteiger partial charge on any atom is 0.111 e. The van der Waals surface area contributed by atoms with Gasteiger partial charge >= 0.3 is 0 Å². The van der Waals surface area contributed by atoms with Crippen LogP contribution in [0.15, 0.2) is 46.9 Å². The molecule has 1 nitrogen and oxygen atoms in total. The molecule has 0 radical (unpaired) electrons. The fourth-order valence-electron chi connectivity index (χ4n) is 1.59. The molecule has 1 aromatic carbocycles. The van der Waals surface area contributed by atoms with E-state index in [-0.39, 0.29) is 0 Å². The van der Waals surface area contributed by atoms with Gasteiger partial charge in [-0.25, -0.2) is 0 Å². The molecule has 0 aliphatic heterocycles. The number of furan rings is 1. The minimum atomic E-state index is 0.338. The highest BCUT2D eigenvalue weighted by Crippen LogP contribution is 2.25. The van der Waals surface area contributed by atoms with Gasteiger partial charge < -0.3 is 4.42 Å². The number of rotatable bonds is 2. The summed E-state index contributed by atoms with van der Waals surface area (Å²) in [5.41, 5.74) is 1.29. The fraction of sp³-hybridized carbons (Fsp3) is 0.231. The van der Waals surface area contributed by atoms with Crippen molar-refractivity contribution in [1.82, 2.24) is 0 Å². The first kappa shape index (κ1) is 9.07. The third kappa shape index (κ3) is 1.72. The predicted molar refractivity (Wildman–Crippen MR) is 57.4 cm³/mol. The lowest BCUT2D eigenvalue weighted by Crippen LogP contribution is -1.92. The zero-order valence-corrected chi connectivity index (χ0v) is 8.53. The molecule has 0 spiro atoms. The predicted octanol–water partition coefficient (Wildman–Crippen LogP) is 3.74. The van der Waals surface area contributed by atoms with Crippen molar-refractivity contribution in [3.8, 4) is 0 Å². The first-order chi connectivity index (χ1) is 6.77. The van der Waals surface area contributed by atoms with Crippen molar-refractivity contribution in [2.24, 2.45) is 0 Å². The van der Waals surface area contributed by atoms with Crippen LogP contribution in [-0.4, -0.2) is 0 Å². The van der Waals surface area contributed by atoms with E-state index >= 15 is 0 Å². The summed E-state index contributed by atoms with van der Waals surface area (Å²) in [5.74, 6) is 2.35. The van der Waals surface area contributed by atoms with Crippen LogP contribution < -0.4 is 0 Å². The minimum Gasteiger partial charge on any atom is -0.466 e. The molecule has 1 heterocycles. The molecule has 0 N–H and O–H groups in total. The molecule has 1 atom stereocenters. The number of hydrogen-bond acceptors (Lipinski definition) is 1. The molecule has 0 fully saturated rings. The topological polar surface area (TPSA) is 13.1 Å². The van der Waals surface area contributed by atoms with E-state index in [0.717, 1.165) is 11.5 Å². The van der Waals surface area contributed by atoms with Gasteiger partial charge in [0.05, 0.1) is 0 Å². The molecule has 0 saturated carbocycles. The third-order valence-electron chi connectivity index (χ3n) is 2.49. The van der Waals surface area contributed by atoms with Gasteiger partial charge in [-0.15, -0.1) is 0 Å². The van der Waals surface area contributed by atoms with E-state index < -0.39 is 0 Å². The highest BCUT2D eigenvalue weighted by Gasteiger charge is 2.10. The normalized spacial score (nSPS) is 12.7. The van der Waals surface area contributed by atoms with E-state index in [0.29, 0.717) is 5.92 Å². The second-order valence-electron chi connectivity index (χ2n) is 3.58. The Morgan fingerprint density at radius 2 is 1.71 bits per heavy atom. The molecular weight excluding hydrogens is 172 g/mol. The van der Waals surface area contributed by atoms with Crippen LogP contribution in [0.1, 0.15) is 29.9 Å². The molecule has 2 rings (SSSR count). The highest BCUT2D eigenvalue weighted by atomic mass is 16.3. The van der Waals surface area contributed by atoms with Gasteiger partial charge in [0.15, 0.2) is 0 Å². The molecule has 1 unspecified atom stereocenters. The molecule has 0 saturated heterocycles. The number of benzene rings is 1. The van der Waals surface area contributed by atoms with Crippen molar-refractivity contribution in [3.05, 3.63) is 59.5 Å². The maximum atomic E-state index is 5.60. The van der Waals surface area contributed by atoms with Crippen molar-refractivity contribution in [2.45, 2.75) is 19.8 Å².